The third-order valence-corrected chi connectivity index (χ3v) is 3.15. The van der Waals surface area contributed by atoms with Gasteiger partial charge in [-0.05, 0) is 28.7 Å². The van der Waals surface area contributed by atoms with Crippen molar-refractivity contribution < 1.29 is 4.92 Å². The molecule has 0 bridgehead atoms. The number of nitrogens with zero attached hydrogens (tertiary/aromatic N) is 2. The topological polar surface area (TPSA) is 66.9 Å². The van der Waals surface area contributed by atoms with Crippen LogP contribution < -0.4 is 0 Å². The number of alkyl halides is 1. The van der Waals surface area contributed by atoms with Crippen molar-refractivity contribution in [2.24, 2.45) is 0 Å². The van der Waals surface area contributed by atoms with E-state index in [1.54, 1.807) is 6.07 Å². The van der Waals surface area contributed by atoms with Gasteiger partial charge in [0, 0.05) is 15.0 Å². The average molecular weight is 367 g/mol. The van der Waals surface area contributed by atoms with Gasteiger partial charge in [-0.2, -0.15) is 5.26 Å². The van der Waals surface area contributed by atoms with Gasteiger partial charge in [0.2, 0.25) is 0 Å². The van der Waals surface area contributed by atoms with Crippen molar-refractivity contribution in [3.8, 4) is 6.07 Å². The molecule has 1 rings (SSSR count). The maximum atomic E-state index is 10.7. The van der Waals surface area contributed by atoms with Crippen molar-refractivity contribution in [1.29, 1.82) is 5.26 Å². The maximum Gasteiger partial charge on any atom is 0.275 e. The minimum Gasteiger partial charge on any atom is -0.258 e. The van der Waals surface area contributed by atoms with Crippen LogP contribution in [0.1, 0.15) is 11.1 Å². The van der Waals surface area contributed by atoms with Crippen molar-refractivity contribution in [2.45, 2.75) is 5.33 Å². The van der Waals surface area contributed by atoms with E-state index >= 15 is 0 Å². The fourth-order valence-electron chi connectivity index (χ4n) is 0.982. The van der Waals surface area contributed by atoms with Crippen LogP contribution in [-0.4, -0.2) is 4.92 Å². The van der Waals surface area contributed by atoms with E-state index in [0.717, 1.165) is 3.57 Å². The Balaban J connectivity index is 3.45. The molecule has 1 aromatic rings. The quantitative estimate of drug-likeness (QED) is 0.350. The van der Waals surface area contributed by atoms with Crippen LogP contribution in [0.4, 0.5) is 5.69 Å². The van der Waals surface area contributed by atoms with Gasteiger partial charge in [-0.25, -0.2) is 0 Å². The molecule has 0 atom stereocenters. The molecule has 0 saturated carbocycles. The number of benzene rings is 1. The van der Waals surface area contributed by atoms with Crippen LogP contribution in [0.25, 0.3) is 0 Å². The molecule has 4 nitrogen and oxygen atoms in total. The van der Waals surface area contributed by atoms with Crippen LogP contribution >= 0.6 is 38.5 Å². The van der Waals surface area contributed by atoms with Crippen molar-refractivity contribution in [3.05, 3.63) is 36.9 Å². The first-order valence-corrected chi connectivity index (χ1v) is 5.73. The van der Waals surface area contributed by atoms with Crippen LogP contribution in [0.5, 0.6) is 0 Å². The largest absolute Gasteiger partial charge is 0.275 e. The van der Waals surface area contributed by atoms with E-state index in [0.29, 0.717) is 16.5 Å². The molecule has 0 heterocycles. The summed E-state index contributed by atoms with van der Waals surface area (Å²) in [6.45, 7) is 0. The van der Waals surface area contributed by atoms with E-state index in [9.17, 15) is 10.1 Å². The SMILES string of the molecule is N#Cc1cc(I)c(CBr)c([N+](=O)[O-])c1. The highest BCUT2D eigenvalue weighted by Crippen LogP contribution is 2.27. The molecule has 0 aliphatic heterocycles. The van der Waals surface area contributed by atoms with Crippen LogP contribution in [0.3, 0.4) is 0 Å². The molecule has 0 aromatic heterocycles. The highest BCUT2D eigenvalue weighted by atomic mass is 127. The monoisotopic (exact) mass is 366 g/mol. The predicted octanol–water partition coefficient (Wildman–Crippen LogP) is 2.97. The van der Waals surface area contributed by atoms with E-state index in [1.165, 1.54) is 6.07 Å². The van der Waals surface area contributed by atoms with Crippen LogP contribution in [0.15, 0.2) is 12.1 Å². The molecule has 0 N–H and O–H groups in total. The molecule has 0 aliphatic carbocycles. The van der Waals surface area contributed by atoms with Crippen LogP contribution in [0, 0.1) is 25.0 Å². The van der Waals surface area contributed by atoms with Gasteiger partial charge in [0.05, 0.1) is 22.1 Å². The Morgan fingerprint density at radius 1 is 1.64 bits per heavy atom. The molecule has 0 aliphatic rings. The zero-order chi connectivity index (χ0) is 10.7. The van der Waals surface area contributed by atoms with Crippen molar-refractivity contribution >= 4 is 44.2 Å². The second kappa shape index (κ2) is 4.70. The lowest BCUT2D eigenvalue weighted by Crippen LogP contribution is -1.97. The van der Waals surface area contributed by atoms with Crippen molar-refractivity contribution in [1.82, 2.24) is 0 Å². The number of halogens is 2. The summed E-state index contributed by atoms with van der Waals surface area (Å²) in [5.74, 6) is 0. The Hall–Kier alpha value is -0.680. The third-order valence-electron chi connectivity index (χ3n) is 1.63. The minimum atomic E-state index is -0.473. The zero-order valence-electron chi connectivity index (χ0n) is 6.83. The lowest BCUT2D eigenvalue weighted by molar-refractivity contribution is -0.385. The van der Waals surface area contributed by atoms with E-state index in [1.807, 2.05) is 28.7 Å². The summed E-state index contributed by atoms with van der Waals surface area (Å²) in [5.41, 5.74) is 0.908. The first kappa shape index (κ1) is 11.4. The second-order valence-corrected chi connectivity index (χ2v) is 4.18. The van der Waals surface area contributed by atoms with E-state index in [4.69, 9.17) is 5.26 Å². The highest BCUT2D eigenvalue weighted by Gasteiger charge is 2.17. The summed E-state index contributed by atoms with van der Waals surface area (Å²) in [5, 5.41) is 19.7. The van der Waals surface area contributed by atoms with E-state index in [-0.39, 0.29) is 5.69 Å². The Morgan fingerprint density at radius 2 is 2.29 bits per heavy atom. The summed E-state index contributed by atoms with van der Waals surface area (Å²) in [6.07, 6.45) is 0. The molecule has 0 fully saturated rings. The molecular formula is C8H4BrIN2O2. The van der Waals surface area contributed by atoms with Gasteiger partial charge >= 0.3 is 0 Å². The first-order chi connectivity index (χ1) is 6.60. The molecule has 14 heavy (non-hydrogen) atoms. The predicted molar refractivity (Wildman–Crippen MR) is 63.2 cm³/mol. The molecule has 6 heteroatoms. The average Bonchev–Trinajstić information content (AvgIpc) is 2.16. The lowest BCUT2D eigenvalue weighted by Gasteiger charge is -2.02. The first-order valence-electron chi connectivity index (χ1n) is 3.53. The van der Waals surface area contributed by atoms with Crippen molar-refractivity contribution in [3.63, 3.8) is 0 Å². The van der Waals surface area contributed by atoms with Gasteiger partial charge in [0.1, 0.15) is 0 Å². The number of hydrogen-bond acceptors (Lipinski definition) is 3. The molecular weight excluding hydrogens is 363 g/mol. The van der Waals surface area contributed by atoms with Gasteiger partial charge in [-0.3, -0.25) is 10.1 Å². The molecule has 1 aromatic carbocycles. The number of hydrogen-bond donors (Lipinski definition) is 0. The van der Waals surface area contributed by atoms with Gasteiger partial charge in [0.15, 0.2) is 0 Å². The van der Waals surface area contributed by atoms with Gasteiger partial charge in [-0.1, -0.05) is 15.9 Å². The number of nitro benzene ring substituents is 1. The summed E-state index contributed by atoms with van der Waals surface area (Å²) in [6, 6.07) is 4.81. The summed E-state index contributed by atoms with van der Waals surface area (Å²) in [4.78, 5) is 10.2. The molecule has 0 unspecified atom stereocenters. The number of nitro groups is 1. The second-order valence-electron chi connectivity index (χ2n) is 2.46. The molecule has 0 radical (unpaired) electrons. The Bertz CT molecular complexity index is 428. The molecule has 72 valence electrons. The van der Waals surface area contributed by atoms with Gasteiger partial charge < -0.3 is 0 Å². The Labute approximate surface area is 102 Å². The summed E-state index contributed by atoms with van der Waals surface area (Å²) < 4.78 is 0.727. The van der Waals surface area contributed by atoms with Gasteiger partial charge in [-0.15, -0.1) is 0 Å². The third kappa shape index (κ3) is 2.22. The maximum absolute atomic E-state index is 10.7. The highest BCUT2D eigenvalue weighted by molar-refractivity contribution is 14.1. The Morgan fingerprint density at radius 3 is 2.71 bits per heavy atom. The summed E-state index contributed by atoms with van der Waals surface area (Å²) >= 11 is 5.16. The standard InChI is InChI=1S/C8H4BrIN2O2/c9-3-6-7(10)1-5(4-11)2-8(6)12(13)14/h1-2H,3H2. The minimum absolute atomic E-state index is 0.00896. The van der Waals surface area contributed by atoms with Crippen LogP contribution in [-0.2, 0) is 5.33 Å². The van der Waals surface area contributed by atoms with Crippen LogP contribution in [0.2, 0.25) is 0 Å². The smallest absolute Gasteiger partial charge is 0.258 e. The fraction of sp³-hybridized carbons (Fsp3) is 0.125. The fourth-order valence-corrected chi connectivity index (χ4v) is 2.90. The normalized spacial score (nSPS) is 9.50. The molecule has 0 spiro atoms. The zero-order valence-corrected chi connectivity index (χ0v) is 10.6. The van der Waals surface area contributed by atoms with E-state index < -0.39 is 4.92 Å². The van der Waals surface area contributed by atoms with E-state index in [2.05, 4.69) is 15.9 Å². The molecule has 0 amide bonds. The lowest BCUT2D eigenvalue weighted by atomic mass is 10.1. The van der Waals surface area contributed by atoms with Crippen molar-refractivity contribution in [2.75, 3.05) is 0 Å². The number of rotatable bonds is 2. The Kier molecular flexibility index (Phi) is 3.83. The summed E-state index contributed by atoms with van der Waals surface area (Å²) in [7, 11) is 0. The number of nitriles is 1. The molecule has 0 saturated heterocycles. The van der Waals surface area contributed by atoms with Gasteiger partial charge in [0.25, 0.3) is 5.69 Å².